The van der Waals surface area contributed by atoms with Crippen molar-refractivity contribution < 1.29 is 13.9 Å². The van der Waals surface area contributed by atoms with Gasteiger partial charge in [-0.3, -0.25) is 0 Å². The van der Waals surface area contributed by atoms with Crippen molar-refractivity contribution >= 4 is 17.1 Å². The summed E-state index contributed by atoms with van der Waals surface area (Å²) < 4.78 is 21.3. The molecule has 0 saturated heterocycles. The molecule has 1 aliphatic rings. The molecule has 6 nitrogen and oxygen atoms in total. The van der Waals surface area contributed by atoms with Crippen LogP contribution in [0.1, 0.15) is 17.2 Å². The first-order chi connectivity index (χ1) is 15.7. The van der Waals surface area contributed by atoms with Crippen molar-refractivity contribution in [3.8, 4) is 5.75 Å². The predicted molar refractivity (Wildman–Crippen MR) is 120 cm³/mol. The SMILES string of the molecule is O=C(NC1COc2ccccc2C1)NC(Cn1cnc2ccccc21)c1ccc(F)cc1. The third-order valence-electron chi connectivity index (χ3n) is 5.70. The van der Waals surface area contributed by atoms with E-state index in [1.165, 1.54) is 12.1 Å². The molecule has 0 radical (unpaired) electrons. The number of nitrogens with zero attached hydrogens (tertiary/aromatic N) is 2. The van der Waals surface area contributed by atoms with Gasteiger partial charge in [-0.2, -0.15) is 0 Å². The number of ether oxygens (including phenoxy) is 1. The molecule has 1 aromatic heterocycles. The lowest BCUT2D eigenvalue weighted by Crippen LogP contribution is -2.48. The van der Waals surface area contributed by atoms with Gasteiger partial charge in [0.15, 0.2) is 0 Å². The second kappa shape index (κ2) is 8.70. The number of aromatic nitrogens is 2. The number of rotatable bonds is 5. The summed E-state index contributed by atoms with van der Waals surface area (Å²) in [5, 5.41) is 6.06. The Kier molecular flexibility index (Phi) is 5.46. The Morgan fingerprint density at radius 1 is 1.09 bits per heavy atom. The van der Waals surface area contributed by atoms with Crippen LogP contribution in [0.25, 0.3) is 11.0 Å². The maximum absolute atomic E-state index is 13.5. The Morgan fingerprint density at radius 2 is 1.88 bits per heavy atom. The maximum Gasteiger partial charge on any atom is 0.315 e. The van der Waals surface area contributed by atoms with Gasteiger partial charge in [0.2, 0.25) is 0 Å². The van der Waals surface area contributed by atoms with Gasteiger partial charge < -0.3 is 19.9 Å². The summed E-state index contributed by atoms with van der Waals surface area (Å²) in [6, 6.07) is 21.1. The molecule has 0 fully saturated rings. The summed E-state index contributed by atoms with van der Waals surface area (Å²) in [6.45, 7) is 0.876. The minimum atomic E-state index is -0.370. The van der Waals surface area contributed by atoms with E-state index in [9.17, 15) is 9.18 Å². The van der Waals surface area contributed by atoms with Crippen molar-refractivity contribution in [2.75, 3.05) is 6.61 Å². The van der Waals surface area contributed by atoms with E-state index >= 15 is 0 Å². The van der Waals surface area contributed by atoms with Gasteiger partial charge in [-0.25, -0.2) is 14.2 Å². The van der Waals surface area contributed by atoms with Crippen molar-refractivity contribution in [3.63, 3.8) is 0 Å². The zero-order valence-corrected chi connectivity index (χ0v) is 17.4. The molecule has 0 saturated carbocycles. The smallest absolute Gasteiger partial charge is 0.315 e. The molecule has 2 amide bonds. The molecule has 3 aromatic carbocycles. The van der Waals surface area contributed by atoms with Crippen LogP contribution in [-0.2, 0) is 13.0 Å². The zero-order valence-electron chi connectivity index (χ0n) is 17.4. The summed E-state index contributed by atoms with van der Waals surface area (Å²) in [5.41, 5.74) is 3.74. The number of carbonyl (C=O) groups is 1. The number of benzene rings is 3. The highest BCUT2D eigenvalue weighted by Gasteiger charge is 2.23. The first-order valence-corrected chi connectivity index (χ1v) is 10.6. The van der Waals surface area contributed by atoms with Gasteiger partial charge in [-0.15, -0.1) is 0 Å². The minimum absolute atomic E-state index is 0.132. The van der Waals surface area contributed by atoms with E-state index in [2.05, 4.69) is 15.6 Å². The molecule has 4 aromatic rings. The molecule has 0 aliphatic carbocycles. The summed E-state index contributed by atoms with van der Waals surface area (Å²) in [6.07, 6.45) is 2.46. The average molecular weight is 430 g/mol. The van der Waals surface area contributed by atoms with Gasteiger partial charge in [-0.1, -0.05) is 42.5 Å². The molecule has 2 atom stereocenters. The quantitative estimate of drug-likeness (QED) is 0.498. The van der Waals surface area contributed by atoms with Gasteiger partial charge in [0, 0.05) is 6.54 Å². The largest absolute Gasteiger partial charge is 0.491 e. The third-order valence-corrected chi connectivity index (χ3v) is 5.70. The molecule has 1 aliphatic heterocycles. The number of hydrogen-bond acceptors (Lipinski definition) is 3. The molecular weight excluding hydrogens is 407 g/mol. The molecule has 2 N–H and O–H groups in total. The van der Waals surface area contributed by atoms with Crippen LogP contribution in [0.3, 0.4) is 0 Å². The van der Waals surface area contributed by atoms with Crippen LogP contribution < -0.4 is 15.4 Å². The number of carbonyl (C=O) groups excluding carboxylic acids is 1. The first kappa shape index (κ1) is 20.1. The number of imidazole rings is 1. The van der Waals surface area contributed by atoms with E-state index in [4.69, 9.17) is 4.74 Å². The van der Waals surface area contributed by atoms with Crippen LogP contribution in [0.5, 0.6) is 5.75 Å². The second-order valence-corrected chi connectivity index (χ2v) is 7.93. The van der Waals surface area contributed by atoms with Gasteiger partial charge in [-0.05, 0) is 47.9 Å². The Morgan fingerprint density at radius 3 is 2.75 bits per heavy atom. The first-order valence-electron chi connectivity index (χ1n) is 10.6. The molecule has 162 valence electrons. The van der Waals surface area contributed by atoms with Crippen molar-refractivity contribution in [1.29, 1.82) is 0 Å². The Balaban J connectivity index is 1.32. The summed E-state index contributed by atoms with van der Waals surface area (Å²) >= 11 is 0. The van der Waals surface area contributed by atoms with E-state index in [-0.39, 0.29) is 23.9 Å². The van der Waals surface area contributed by atoms with Crippen molar-refractivity contribution in [2.45, 2.75) is 25.0 Å². The summed E-state index contributed by atoms with van der Waals surface area (Å²) in [4.78, 5) is 17.3. The average Bonchev–Trinajstić information content (AvgIpc) is 3.22. The van der Waals surface area contributed by atoms with Gasteiger partial charge in [0.05, 0.1) is 29.4 Å². The second-order valence-electron chi connectivity index (χ2n) is 7.93. The lowest BCUT2D eigenvalue weighted by atomic mass is 10.0. The van der Waals surface area contributed by atoms with E-state index in [0.29, 0.717) is 19.6 Å². The number of nitrogens with one attached hydrogen (secondary N) is 2. The highest BCUT2D eigenvalue weighted by atomic mass is 19.1. The van der Waals surface area contributed by atoms with Crippen LogP contribution >= 0.6 is 0 Å². The number of amides is 2. The Bertz CT molecular complexity index is 1240. The van der Waals surface area contributed by atoms with Gasteiger partial charge in [0.1, 0.15) is 18.2 Å². The van der Waals surface area contributed by atoms with E-state index in [0.717, 1.165) is 27.9 Å². The topological polar surface area (TPSA) is 68.2 Å². The molecule has 32 heavy (non-hydrogen) atoms. The minimum Gasteiger partial charge on any atom is -0.491 e. The highest BCUT2D eigenvalue weighted by molar-refractivity contribution is 5.76. The third kappa shape index (κ3) is 4.27. The van der Waals surface area contributed by atoms with Crippen LogP contribution in [0.15, 0.2) is 79.1 Å². The number of urea groups is 1. The lowest BCUT2D eigenvalue weighted by molar-refractivity contribution is 0.211. The molecule has 2 heterocycles. The molecule has 0 spiro atoms. The predicted octanol–water partition coefficient (Wildman–Crippen LogP) is 4.22. The van der Waals surface area contributed by atoms with Crippen molar-refractivity contribution in [2.24, 2.45) is 0 Å². The van der Waals surface area contributed by atoms with Crippen LogP contribution in [0, 0.1) is 5.82 Å². The highest BCUT2D eigenvalue weighted by Crippen LogP contribution is 2.24. The van der Waals surface area contributed by atoms with Gasteiger partial charge >= 0.3 is 6.03 Å². The van der Waals surface area contributed by atoms with E-state index < -0.39 is 0 Å². The Hall–Kier alpha value is -3.87. The molecular formula is C25H23FN4O2. The fourth-order valence-electron chi connectivity index (χ4n) is 4.09. The summed E-state index contributed by atoms with van der Waals surface area (Å²) in [5.74, 6) is 0.546. The van der Waals surface area contributed by atoms with Crippen molar-refractivity contribution in [3.05, 3.63) is 96.1 Å². The normalized spacial score (nSPS) is 16.1. The standard InChI is InChI=1S/C25H23FN4O2/c26-19-11-9-17(10-12-19)22(14-30-16-27-21-6-2-3-7-23(21)30)29-25(31)28-20-13-18-5-1-4-8-24(18)32-15-20/h1-12,16,20,22H,13-15H2,(H2,28,29,31). The van der Waals surface area contributed by atoms with E-state index in [1.807, 2.05) is 53.1 Å². The number of hydrogen-bond donors (Lipinski definition) is 2. The zero-order chi connectivity index (χ0) is 21.9. The summed E-state index contributed by atoms with van der Waals surface area (Å²) in [7, 11) is 0. The fourth-order valence-corrected chi connectivity index (χ4v) is 4.09. The maximum atomic E-state index is 13.5. The monoisotopic (exact) mass is 430 g/mol. The van der Waals surface area contributed by atoms with Crippen LogP contribution in [-0.4, -0.2) is 28.2 Å². The molecule has 2 unspecified atom stereocenters. The number of para-hydroxylation sites is 3. The molecule has 5 rings (SSSR count). The molecule has 0 bridgehead atoms. The van der Waals surface area contributed by atoms with Crippen molar-refractivity contribution in [1.82, 2.24) is 20.2 Å². The Labute approximate surface area is 185 Å². The number of halogens is 1. The molecule has 7 heteroatoms. The number of fused-ring (bicyclic) bond motifs is 2. The van der Waals surface area contributed by atoms with E-state index in [1.54, 1.807) is 18.5 Å². The van der Waals surface area contributed by atoms with Crippen LogP contribution in [0.4, 0.5) is 9.18 Å². The lowest BCUT2D eigenvalue weighted by Gasteiger charge is -2.27. The fraction of sp³-hybridized carbons (Fsp3) is 0.200. The van der Waals surface area contributed by atoms with Crippen LogP contribution in [0.2, 0.25) is 0 Å². The van der Waals surface area contributed by atoms with Gasteiger partial charge in [0.25, 0.3) is 0 Å².